The molecule has 0 saturated heterocycles. The van der Waals surface area contributed by atoms with Crippen molar-refractivity contribution >= 4 is 52.2 Å². The van der Waals surface area contributed by atoms with Gasteiger partial charge in [-0.15, -0.1) is 11.3 Å². The summed E-state index contributed by atoms with van der Waals surface area (Å²) in [6, 6.07) is 4.49. The molecule has 2 N–H and O–H groups in total. The van der Waals surface area contributed by atoms with Crippen LogP contribution in [0.3, 0.4) is 0 Å². The SMILES string of the molecule is COCCNC(=O)c1csc(CN(CCOC)C(=O)Nc2ccc(Cl)c(Cl)c2)n1. The Kier molecular flexibility index (Phi) is 9.62. The summed E-state index contributed by atoms with van der Waals surface area (Å²) >= 11 is 13.2. The summed E-state index contributed by atoms with van der Waals surface area (Å²) in [7, 11) is 3.12. The maximum atomic E-state index is 12.7. The fourth-order valence-corrected chi connectivity index (χ4v) is 3.33. The van der Waals surface area contributed by atoms with E-state index in [0.29, 0.717) is 52.7 Å². The number of hydrogen-bond acceptors (Lipinski definition) is 6. The van der Waals surface area contributed by atoms with Crippen LogP contribution in [0.4, 0.5) is 10.5 Å². The van der Waals surface area contributed by atoms with Crippen LogP contribution in [0.1, 0.15) is 15.5 Å². The van der Waals surface area contributed by atoms with Crippen molar-refractivity contribution in [3.8, 4) is 0 Å². The van der Waals surface area contributed by atoms with E-state index in [1.807, 2.05) is 0 Å². The van der Waals surface area contributed by atoms with Crippen molar-refractivity contribution in [2.45, 2.75) is 6.54 Å². The Hall–Kier alpha value is -1.91. The number of carbonyl (C=O) groups is 2. The van der Waals surface area contributed by atoms with Crippen LogP contribution in [0.25, 0.3) is 0 Å². The van der Waals surface area contributed by atoms with Gasteiger partial charge in [-0.05, 0) is 18.2 Å². The lowest BCUT2D eigenvalue weighted by Crippen LogP contribution is -2.36. The maximum Gasteiger partial charge on any atom is 0.322 e. The van der Waals surface area contributed by atoms with E-state index in [-0.39, 0.29) is 18.5 Å². The van der Waals surface area contributed by atoms with Gasteiger partial charge in [-0.1, -0.05) is 23.2 Å². The van der Waals surface area contributed by atoms with Gasteiger partial charge in [0.25, 0.3) is 5.91 Å². The quantitative estimate of drug-likeness (QED) is 0.529. The normalized spacial score (nSPS) is 10.6. The Balaban J connectivity index is 2.03. The number of urea groups is 1. The van der Waals surface area contributed by atoms with Gasteiger partial charge < -0.3 is 25.0 Å². The first kappa shape index (κ1) is 23.4. The number of thiazole rings is 1. The highest BCUT2D eigenvalue weighted by Gasteiger charge is 2.18. The molecule has 0 radical (unpaired) electrons. The Labute approximate surface area is 183 Å². The van der Waals surface area contributed by atoms with Gasteiger partial charge in [0, 0.05) is 38.4 Å². The highest BCUT2D eigenvalue weighted by Crippen LogP contribution is 2.25. The van der Waals surface area contributed by atoms with Crippen molar-refractivity contribution in [2.24, 2.45) is 0 Å². The van der Waals surface area contributed by atoms with Gasteiger partial charge in [-0.2, -0.15) is 0 Å². The first-order valence-electron chi connectivity index (χ1n) is 8.66. The van der Waals surface area contributed by atoms with E-state index >= 15 is 0 Å². The Morgan fingerprint density at radius 3 is 2.62 bits per heavy atom. The fraction of sp³-hybridized carbons (Fsp3) is 0.389. The van der Waals surface area contributed by atoms with Gasteiger partial charge in [0.15, 0.2) is 0 Å². The summed E-state index contributed by atoms with van der Waals surface area (Å²) in [6.45, 7) is 1.74. The zero-order valence-electron chi connectivity index (χ0n) is 16.0. The molecule has 3 amide bonds. The molecule has 1 aromatic heterocycles. The zero-order valence-corrected chi connectivity index (χ0v) is 18.4. The first-order valence-corrected chi connectivity index (χ1v) is 10.3. The third-order valence-electron chi connectivity index (χ3n) is 3.73. The van der Waals surface area contributed by atoms with Crippen molar-refractivity contribution in [1.82, 2.24) is 15.2 Å². The molecule has 0 atom stereocenters. The third-order valence-corrected chi connectivity index (χ3v) is 5.30. The lowest BCUT2D eigenvalue weighted by molar-refractivity contribution is 0.0932. The van der Waals surface area contributed by atoms with Gasteiger partial charge in [-0.3, -0.25) is 4.79 Å². The maximum absolute atomic E-state index is 12.7. The van der Waals surface area contributed by atoms with Crippen LogP contribution >= 0.6 is 34.5 Å². The molecule has 8 nitrogen and oxygen atoms in total. The highest BCUT2D eigenvalue weighted by molar-refractivity contribution is 7.09. The number of halogens is 2. The topological polar surface area (TPSA) is 92.8 Å². The number of carbonyl (C=O) groups excluding carboxylic acids is 2. The molecule has 1 aromatic carbocycles. The summed E-state index contributed by atoms with van der Waals surface area (Å²) in [6.07, 6.45) is 0. The third kappa shape index (κ3) is 7.45. The van der Waals surface area contributed by atoms with E-state index in [4.69, 9.17) is 32.7 Å². The van der Waals surface area contributed by atoms with Crippen molar-refractivity contribution in [3.63, 3.8) is 0 Å². The predicted octanol–water partition coefficient (Wildman–Crippen LogP) is 3.51. The Morgan fingerprint density at radius 2 is 1.93 bits per heavy atom. The lowest BCUT2D eigenvalue weighted by atomic mass is 10.3. The first-order chi connectivity index (χ1) is 13.9. The summed E-state index contributed by atoms with van der Waals surface area (Å²) in [5, 5.41) is 8.52. The fourth-order valence-electron chi connectivity index (χ4n) is 2.24. The number of rotatable bonds is 10. The number of hydrogen-bond donors (Lipinski definition) is 2. The standard InChI is InChI=1S/C18H22Cl2N4O4S/c1-27-7-5-21-17(25)15-11-29-16(23-15)10-24(6-8-28-2)18(26)22-12-3-4-13(19)14(20)9-12/h3-4,9,11H,5-8,10H2,1-2H3,(H,21,25)(H,22,26). The zero-order chi connectivity index (χ0) is 21.2. The van der Waals surface area contributed by atoms with E-state index in [1.54, 1.807) is 37.8 Å². The van der Waals surface area contributed by atoms with Crippen LogP contribution in [0.15, 0.2) is 23.6 Å². The number of methoxy groups -OCH3 is 2. The van der Waals surface area contributed by atoms with Crippen LogP contribution in [0, 0.1) is 0 Å². The van der Waals surface area contributed by atoms with Crippen LogP contribution in [0.2, 0.25) is 10.0 Å². The van der Waals surface area contributed by atoms with Gasteiger partial charge in [0.05, 0.1) is 29.8 Å². The second-order valence-electron chi connectivity index (χ2n) is 5.85. The summed E-state index contributed by atoms with van der Waals surface area (Å²) in [5.41, 5.74) is 0.821. The molecule has 2 aromatic rings. The second kappa shape index (κ2) is 11.9. The smallest absolute Gasteiger partial charge is 0.322 e. The lowest BCUT2D eigenvalue weighted by Gasteiger charge is -2.22. The Bertz CT molecular complexity index is 834. The predicted molar refractivity (Wildman–Crippen MR) is 114 cm³/mol. The molecule has 0 unspecified atom stereocenters. The van der Waals surface area contributed by atoms with Gasteiger partial charge >= 0.3 is 6.03 Å². The molecule has 0 spiro atoms. The molecule has 158 valence electrons. The van der Waals surface area contributed by atoms with Crippen molar-refractivity contribution in [1.29, 1.82) is 0 Å². The average Bonchev–Trinajstić information content (AvgIpc) is 3.16. The van der Waals surface area contributed by atoms with Crippen molar-refractivity contribution < 1.29 is 19.1 Å². The number of aromatic nitrogens is 1. The van der Waals surface area contributed by atoms with Crippen LogP contribution in [0.5, 0.6) is 0 Å². The molecular weight excluding hydrogens is 439 g/mol. The number of ether oxygens (including phenoxy) is 2. The average molecular weight is 461 g/mol. The number of nitrogens with one attached hydrogen (secondary N) is 2. The minimum Gasteiger partial charge on any atom is -0.383 e. The monoisotopic (exact) mass is 460 g/mol. The minimum atomic E-state index is -0.346. The molecule has 0 saturated carbocycles. The number of benzene rings is 1. The van der Waals surface area contributed by atoms with Gasteiger partial charge in [-0.25, -0.2) is 9.78 Å². The van der Waals surface area contributed by atoms with Crippen LogP contribution in [-0.4, -0.2) is 62.3 Å². The summed E-state index contributed by atoms with van der Waals surface area (Å²) in [4.78, 5) is 30.6. The van der Waals surface area contributed by atoms with E-state index in [9.17, 15) is 9.59 Å². The molecule has 0 aliphatic carbocycles. The molecule has 0 bridgehead atoms. The number of nitrogens with zero attached hydrogens (tertiary/aromatic N) is 2. The summed E-state index contributed by atoms with van der Waals surface area (Å²) < 4.78 is 9.99. The molecule has 0 fully saturated rings. The highest BCUT2D eigenvalue weighted by atomic mass is 35.5. The molecule has 1 heterocycles. The van der Waals surface area contributed by atoms with E-state index in [1.165, 1.54) is 16.2 Å². The van der Waals surface area contributed by atoms with E-state index in [0.717, 1.165) is 0 Å². The minimum absolute atomic E-state index is 0.229. The van der Waals surface area contributed by atoms with E-state index in [2.05, 4.69) is 15.6 Å². The molecular formula is C18H22Cl2N4O4S. The van der Waals surface area contributed by atoms with Crippen LogP contribution in [-0.2, 0) is 16.0 Å². The second-order valence-corrected chi connectivity index (χ2v) is 7.61. The molecule has 0 aliphatic rings. The van der Waals surface area contributed by atoms with Gasteiger partial charge in [0.2, 0.25) is 0 Å². The number of amides is 3. The Morgan fingerprint density at radius 1 is 1.17 bits per heavy atom. The molecule has 11 heteroatoms. The largest absolute Gasteiger partial charge is 0.383 e. The molecule has 0 aliphatic heterocycles. The number of anilines is 1. The van der Waals surface area contributed by atoms with Gasteiger partial charge in [0.1, 0.15) is 10.7 Å². The van der Waals surface area contributed by atoms with E-state index < -0.39 is 0 Å². The van der Waals surface area contributed by atoms with Crippen LogP contribution < -0.4 is 10.6 Å². The van der Waals surface area contributed by atoms with Crippen molar-refractivity contribution in [2.75, 3.05) is 45.8 Å². The van der Waals surface area contributed by atoms with Crippen molar-refractivity contribution in [3.05, 3.63) is 44.3 Å². The molecule has 2 rings (SSSR count). The molecule has 29 heavy (non-hydrogen) atoms. The summed E-state index contributed by atoms with van der Waals surface area (Å²) in [5.74, 6) is -0.284.